The highest BCUT2D eigenvalue weighted by Gasteiger charge is 2.16. The van der Waals surface area contributed by atoms with Crippen LogP contribution in [0.4, 0.5) is 5.13 Å². The molecular formula is C16H16N4S. The van der Waals surface area contributed by atoms with Gasteiger partial charge in [-0.2, -0.15) is 10.4 Å². The Morgan fingerprint density at radius 2 is 2.19 bits per heavy atom. The number of nitriles is 1. The summed E-state index contributed by atoms with van der Waals surface area (Å²) < 4.78 is 0. The predicted molar refractivity (Wildman–Crippen MR) is 86.3 cm³/mol. The largest absolute Gasteiger partial charge is 0.253 e. The summed E-state index contributed by atoms with van der Waals surface area (Å²) in [6.45, 7) is 2.26. The summed E-state index contributed by atoms with van der Waals surface area (Å²) >= 11 is 1.54. The lowest BCUT2D eigenvalue weighted by molar-refractivity contribution is 0.623. The van der Waals surface area contributed by atoms with E-state index < -0.39 is 0 Å². The molecule has 0 bridgehead atoms. The molecule has 1 aromatic heterocycles. The van der Waals surface area contributed by atoms with E-state index in [0.29, 0.717) is 5.56 Å². The number of hydrogen-bond donors (Lipinski definition) is 1. The van der Waals surface area contributed by atoms with Crippen molar-refractivity contribution in [3.63, 3.8) is 0 Å². The first kappa shape index (κ1) is 13.8. The Morgan fingerprint density at radius 3 is 2.86 bits per heavy atom. The maximum Gasteiger partial charge on any atom is 0.203 e. The molecule has 0 aliphatic heterocycles. The molecule has 1 fully saturated rings. The maximum atomic E-state index is 8.81. The highest BCUT2D eigenvalue weighted by Crippen LogP contribution is 2.26. The van der Waals surface area contributed by atoms with Crippen molar-refractivity contribution in [2.75, 3.05) is 5.43 Å². The van der Waals surface area contributed by atoms with E-state index in [-0.39, 0.29) is 0 Å². The number of hydrogen-bond acceptors (Lipinski definition) is 5. The summed E-state index contributed by atoms with van der Waals surface area (Å²) in [6.07, 6.45) is 3.40. The zero-order chi connectivity index (χ0) is 14.7. The average molecular weight is 296 g/mol. The Balaban J connectivity index is 1.70. The van der Waals surface area contributed by atoms with Crippen molar-refractivity contribution in [1.82, 2.24) is 4.98 Å². The topological polar surface area (TPSA) is 61.1 Å². The summed E-state index contributed by atoms with van der Waals surface area (Å²) in [5, 5.41) is 16.1. The molecule has 5 heteroatoms. The van der Waals surface area contributed by atoms with Gasteiger partial charge >= 0.3 is 0 Å². The number of rotatable bonds is 3. The van der Waals surface area contributed by atoms with E-state index in [2.05, 4.69) is 28.5 Å². The second-order valence-electron chi connectivity index (χ2n) is 5.36. The van der Waals surface area contributed by atoms with Crippen LogP contribution in [0.2, 0.25) is 0 Å². The van der Waals surface area contributed by atoms with Crippen LogP contribution < -0.4 is 5.43 Å². The molecule has 2 aromatic rings. The van der Waals surface area contributed by atoms with E-state index in [9.17, 15) is 0 Å². The molecular weight excluding hydrogens is 280 g/mol. The van der Waals surface area contributed by atoms with Gasteiger partial charge in [0.05, 0.1) is 17.3 Å². The third kappa shape index (κ3) is 3.29. The molecule has 4 nitrogen and oxygen atoms in total. The molecule has 21 heavy (non-hydrogen) atoms. The number of hydrazone groups is 1. The van der Waals surface area contributed by atoms with Crippen molar-refractivity contribution in [3.05, 3.63) is 35.2 Å². The Morgan fingerprint density at radius 1 is 1.38 bits per heavy atom. The summed E-state index contributed by atoms with van der Waals surface area (Å²) in [4.78, 5) is 4.53. The number of nitrogens with zero attached hydrogens (tertiary/aromatic N) is 3. The van der Waals surface area contributed by atoms with Gasteiger partial charge in [0.1, 0.15) is 0 Å². The van der Waals surface area contributed by atoms with E-state index in [1.807, 2.05) is 29.6 Å². The van der Waals surface area contributed by atoms with Gasteiger partial charge in [0.2, 0.25) is 5.13 Å². The Bertz CT molecular complexity index is 694. The minimum atomic E-state index is 0.661. The second kappa shape index (κ2) is 6.06. The van der Waals surface area contributed by atoms with E-state index in [4.69, 9.17) is 5.26 Å². The highest BCUT2D eigenvalue weighted by molar-refractivity contribution is 7.14. The molecule has 106 valence electrons. The predicted octanol–water partition coefficient (Wildman–Crippen LogP) is 4.27. The SMILES string of the molecule is CC1CC/C(=N\Nc2nc(-c3ccc(C#N)cc3)cs2)C1. The van der Waals surface area contributed by atoms with Crippen LogP contribution in [-0.4, -0.2) is 10.7 Å². The summed E-state index contributed by atoms with van der Waals surface area (Å²) in [6, 6.07) is 9.57. The molecule has 3 rings (SSSR count). The van der Waals surface area contributed by atoms with Crippen molar-refractivity contribution < 1.29 is 0 Å². The fraction of sp³-hybridized carbons (Fsp3) is 0.312. The van der Waals surface area contributed by atoms with Gasteiger partial charge in [0, 0.05) is 16.7 Å². The third-order valence-electron chi connectivity index (χ3n) is 3.63. The van der Waals surface area contributed by atoms with Crippen molar-refractivity contribution in [2.45, 2.75) is 26.2 Å². The summed E-state index contributed by atoms with van der Waals surface area (Å²) in [5.74, 6) is 0.746. The van der Waals surface area contributed by atoms with Gasteiger partial charge in [-0.15, -0.1) is 11.3 Å². The van der Waals surface area contributed by atoms with Crippen LogP contribution in [0.1, 0.15) is 31.7 Å². The molecule has 0 saturated heterocycles. The molecule has 0 amide bonds. The molecule has 0 radical (unpaired) electrons. The highest BCUT2D eigenvalue weighted by atomic mass is 32.1. The first-order valence-electron chi connectivity index (χ1n) is 7.02. The average Bonchev–Trinajstić information content (AvgIpc) is 3.14. The summed E-state index contributed by atoms with van der Waals surface area (Å²) in [5.41, 5.74) is 6.88. The standard InChI is InChI=1S/C16H16N4S/c1-11-2-7-14(8-11)19-20-16-18-15(10-21-16)13-5-3-12(9-17)4-6-13/h3-6,10-11H,2,7-8H2,1H3,(H,18,20)/b19-14+. The Hall–Kier alpha value is -2.19. The fourth-order valence-corrected chi connectivity index (χ4v) is 3.08. The lowest BCUT2D eigenvalue weighted by Crippen LogP contribution is -1.97. The quantitative estimate of drug-likeness (QED) is 0.860. The monoisotopic (exact) mass is 296 g/mol. The van der Waals surface area contributed by atoms with E-state index in [1.54, 1.807) is 11.3 Å². The second-order valence-corrected chi connectivity index (χ2v) is 6.22. The lowest BCUT2D eigenvalue weighted by atomic mass is 10.1. The minimum absolute atomic E-state index is 0.661. The van der Waals surface area contributed by atoms with Gasteiger partial charge in [-0.3, -0.25) is 5.43 Å². The van der Waals surface area contributed by atoms with Crippen molar-refractivity contribution >= 4 is 22.2 Å². The molecule has 1 saturated carbocycles. The van der Waals surface area contributed by atoms with Crippen LogP contribution in [0.15, 0.2) is 34.7 Å². The number of nitrogens with one attached hydrogen (secondary N) is 1. The Kier molecular flexibility index (Phi) is 3.98. The number of benzene rings is 1. The lowest BCUT2D eigenvalue weighted by Gasteiger charge is -1.98. The first-order valence-corrected chi connectivity index (χ1v) is 7.90. The van der Waals surface area contributed by atoms with Crippen molar-refractivity contribution in [1.29, 1.82) is 5.26 Å². The van der Waals surface area contributed by atoms with Crippen LogP contribution in [0.5, 0.6) is 0 Å². The third-order valence-corrected chi connectivity index (χ3v) is 4.38. The van der Waals surface area contributed by atoms with Gasteiger partial charge in [-0.1, -0.05) is 19.1 Å². The van der Waals surface area contributed by atoms with Crippen LogP contribution in [-0.2, 0) is 0 Å². The van der Waals surface area contributed by atoms with Crippen molar-refractivity contribution in [3.8, 4) is 17.3 Å². The normalized spacial score (nSPS) is 19.6. The van der Waals surface area contributed by atoms with Crippen LogP contribution >= 0.6 is 11.3 Å². The van der Waals surface area contributed by atoms with Gasteiger partial charge in [0.25, 0.3) is 0 Å². The van der Waals surface area contributed by atoms with Crippen LogP contribution in [0, 0.1) is 17.2 Å². The van der Waals surface area contributed by atoms with Gasteiger partial charge in [-0.05, 0) is 37.3 Å². The van der Waals surface area contributed by atoms with E-state index in [1.165, 1.54) is 12.1 Å². The maximum absolute atomic E-state index is 8.81. The molecule has 0 spiro atoms. The molecule has 1 N–H and O–H groups in total. The minimum Gasteiger partial charge on any atom is -0.253 e. The van der Waals surface area contributed by atoms with Gasteiger partial charge < -0.3 is 0 Å². The fourth-order valence-electron chi connectivity index (χ4n) is 2.42. The number of aromatic nitrogens is 1. The number of anilines is 1. The molecule has 1 atom stereocenters. The molecule has 1 aliphatic carbocycles. The molecule has 1 aliphatic rings. The summed E-state index contributed by atoms with van der Waals surface area (Å²) in [7, 11) is 0. The number of thiazole rings is 1. The zero-order valence-corrected chi connectivity index (χ0v) is 12.7. The van der Waals surface area contributed by atoms with Crippen LogP contribution in [0.25, 0.3) is 11.3 Å². The molecule has 1 aromatic carbocycles. The van der Waals surface area contributed by atoms with E-state index >= 15 is 0 Å². The van der Waals surface area contributed by atoms with Gasteiger partial charge in [-0.25, -0.2) is 4.98 Å². The van der Waals surface area contributed by atoms with Crippen LogP contribution in [0.3, 0.4) is 0 Å². The van der Waals surface area contributed by atoms with E-state index in [0.717, 1.165) is 35.1 Å². The smallest absolute Gasteiger partial charge is 0.203 e. The molecule has 1 heterocycles. The first-order chi connectivity index (χ1) is 10.2. The van der Waals surface area contributed by atoms with Crippen molar-refractivity contribution in [2.24, 2.45) is 11.0 Å². The van der Waals surface area contributed by atoms with Gasteiger partial charge in [0.15, 0.2) is 0 Å². The Labute approximate surface area is 128 Å². The molecule has 1 unspecified atom stereocenters. The zero-order valence-electron chi connectivity index (χ0n) is 11.8.